The van der Waals surface area contributed by atoms with Crippen molar-refractivity contribution in [2.75, 3.05) is 7.05 Å². The Morgan fingerprint density at radius 1 is 1.17 bits per heavy atom. The average molecular weight is 255 g/mol. The average Bonchev–Trinajstić information content (AvgIpc) is 2.82. The lowest BCUT2D eigenvalue weighted by Gasteiger charge is -2.38. The van der Waals surface area contributed by atoms with Crippen molar-refractivity contribution in [2.24, 2.45) is 17.7 Å². The fourth-order valence-corrected chi connectivity index (χ4v) is 4.08. The standard InChI is InChI=1S/C14H27N2O2/c1-11-7-9-14(18-15,12-5-3-4-6-12)10-8-13(11)16(2)17/h11-13H,3-10,15H2,1-2H3/q-1. The van der Waals surface area contributed by atoms with Gasteiger partial charge in [-0.15, -0.1) is 0 Å². The zero-order valence-corrected chi connectivity index (χ0v) is 11.7. The van der Waals surface area contributed by atoms with Gasteiger partial charge in [-0.2, -0.15) is 0 Å². The summed E-state index contributed by atoms with van der Waals surface area (Å²) in [5.41, 5.74) is -0.157. The third-order valence-corrected chi connectivity index (χ3v) is 5.34. The number of rotatable bonds is 3. The monoisotopic (exact) mass is 255 g/mol. The fraction of sp³-hybridized carbons (Fsp3) is 1.00. The van der Waals surface area contributed by atoms with Crippen LogP contribution in [0.25, 0.3) is 0 Å². The highest BCUT2D eigenvalue weighted by Gasteiger charge is 2.43. The highest BCUT2D eigenvalue weighted by Crippen LogP contribution is 2.45. The minimum atomic E-state index is -0.157. The van der Waals surface area contributed by atoms with Crippen LogP contribution in [0.2, 0.25) is 0 Å². The lowest BCUT2D eigenvalue weighted by molar-refractivity contribution is -0.0998. The molecule has 0 aromatic rings. The third-order valence-electron chi connectivity index (χ3n) is 5.34. The summed E-state index contributed by atoms with van der Waals surface area (Å²) in [4.78, 5) is 5.50. The SMILES string of the molecule is CC1CCC(ON)(C2CCCC2)CCC1N(C)[O-]. The quantitative estimate of drug-likeness (QED) is 0.622. The van der Waals surface area contributed by atoms with Gasteiger partial charge in [-0.1, -0.05) is 19.8 Å². The van der Waals surface area contributed by atoms with Gasteiger partial charge in [0.15, 0.2) is 0 Å². The van der Waals surface area contributed by atoms with Crippen LogP contribution in [0.1, 0.15) is 58.3 Å². The number of nitrogens with two attached hydrogens (primary N) is 1. The second-order valence-electron chi connectivity index (χ2n) is 6.33. The maximum Gasteiger partial charge on any atom is 0.0922 e. The van der Waals surface area contributed by atoms with Crippen LogP contribution in [0, 0.1) is 17.0 Å². The number of hydroxylamine groups is 2. The Balaban J connectivity index is 2.09. The molecule has 2 rings (SSSR count). The molecule has 2 N–H and O–H groups in total. The Kier molecular flexibility index (Phi) is 4.64. The molecule has 0 spiro atoms. The van der Waals surface area contributed by atoms with Gasteiger partial charge in [0.2, 0.25) is 0 Å². The molecule has 2 fully saturated rings. The van der Waals surface area contributed by atoms with Crippen molar-refractivity contribution in [3.63, 3.8) is 0 Å². The Labute approximate surface area is 110 Å². The van der Waals surface area contributed by atoms with E-state index in [1.807, 2.05) is 0 Å². The summed E-state index contributed by atoms with van der Waals surface area (Å²) in [7, 11) is 1.65. The van der Waals surface area contributed by atoms with Crippen molar-refractivity contribution in [1.82, 2.24) is 5.06 Å². The molecule has 4 nitrogen and oxygen atoms in total. The summed E-state index contributed by atoms with van der Waals surface area (Å²) >= 11 is 0. The third kappa shape index (κ3) is 2.72. The number of hydrogen-bond donors (Lipinski definition) is 1. The number of nitrogens with zero attached hydrogens (tertiary/aromatic N) is 1. The van der Waals surface area contributed by atoms with Gasteiger partial charge in [-0.25, -0.2) is 5.90 Å². The van der Waals surface area contributed by atoms with Crippen molar-refractivity contribution in [2.45, 2.75) is 69.9 Å². The zero-order chi connectivity index (χ0) is 13.2. The summed E-state index contributed by atoms with van der Waals surface area (Å²) in [5.74, 6) is 6.70. The Bertz CT molecular complexity index is 267. The van der Waals surface area contributed by atoms with E-state index >= 15 is 0 Å². The van der Waals surface area contributed by atoms with Gasteiger partial charge in [-0.3, -0.25) is 4.84 Å². The summed E-state index contributed by atoms with van der Waals surface area (Å²) < 4.78 is 0. The molecule has 2 aliphatic carbocycles. The lowest BCUT2D eigenvalue weighted by Crippen LogP contribution is -2.42. The molecular weight excluding hydrogens is 228 g/mol. The van der Waals surface area contributed by atoms with Gasteiger partial charge in [0.05, 0.1) is 5.60 Å². The maximum absolute atomic E-state index is 11.6. The second-order valence-corrected chi connectivity index (χ2v) is 6.33. The van der Waals surface area contributed by atoms with Crippen LogP contribution in [-0.2, 0) is 4.84 Å². The van der Waals surface area contributed by atoms with E-state index in [4.69, 9.17) is 10.7 Å². The minimum Gasteiger partial charge on any atom is -0.785 e. The predicted octanol–water partition coefficient (Wildman–Crippen LogP) is 2.81. The van der Waals surface area contributed by atoms with Gasteiger partial charge in [0.1, 0.15) is 0 Å². The molecule has 18 heavy (non-hydrogen) atoms. The molecule has 2 saturated carbocycles. The Morgan fingerprint density at radius 2 is 1.78 bits per heavy atom. The van der Waals surface area contributed by atoms with Gasteiger partial charge >= 0.3 is 0 Å². The van der Waals surface area contributed by atoms with Crippen LogP contribution in [0.15, 0.2) is 0 Å². The summed E-state index contributed by atoms with van der Waals surface area (Å²) in [6.07, 6.45) is 8.99. The molecule has 106 valence electrons. The first-order valence-corrected chi connectivity index (χ1v) is 7.37. The largest absolute Gasteiger partial charge is 0.785 e. The first-order valence-electron chi connectivity index (χ1n) is 7.37. The Morgan fingerprint density at radius 3 is 2.33 bits per heavy atom. The molecule has 4 heteroatoms. The molecule has 0 amide bonds. The summed E-state index contributed by atoms with van der Waals surface area (Å²) in [6, 6.07) is 0.128. The molecule has 3 atom stereocenters. The molecule has 2 aliphatic rings. The molecular formula is C14H27N2O2-. The highest BCUT2D eigenvalue weighted by atomic mass is 16.6. The van der Waals surface area contributed by atoms with Crippen LogP contribution in [-0.4, -0.2) is 23.8 Å². The van der Waals surface area contributed by atoms with Crippen molar-refractivity contribution in [3.05, 3.63) is 5.21 Å². The highest BCUT2D eigenvalue weighted by molar-refractivity contribution is 4.95. The maximum atomic E-state index is 11.6. The normalized spacial score (nSPS) is 39.2. The van der Waals surface area contributed by atoms with Crippen molar-refractivity contribution in [3.8, 4) is 0 Å². The number of hydrogen-bond acceptors (Lipinski definition) is 4. The van der Waals surface area contributed by atoms with Crippen molar-refractivity contribution >= 4 is 0 Å². The van der Waals surface area contributed by atoms with Crippen LogP contribution in [0.5, 0.6) is 0 Å². The van der Waals surface area contributed by atoms with Crippen LogP contribution in [0.4, 0.5) is 0 Å². The first kappa shape index (κ1) is 14.3. The smallest absolute Gasteiger partial charge is 0.0922 e. The van der Waals surface area contributed by atoms with Crippen molar-refractivity contribution < 1.29 is 4.84 Å². The second kappa shape index (κ2) is 5.87. The van der Waals surface area contributed by atoms with Gasteiger partial charge in [0.25, 0.3) is 0 Å². The van der Waals surface area contributed by atoms with E-state index in [0.717, 1.165) is 30.7 Å². The van der Waals surface area contributed by atoms with E-state index in [1.165, 1.54) is 25.7 Å². The zero-order valence-electron chi connectivity index (χ0n) is 11.7. The van der Waals surface area contributed by atoms with E-state index in [0.29, 0.717) is 11.8 Å². The van der Waals surface area contributed by atoms with Crippen molar-refractivity contribution in [1.29, 1.82) is 0 Å². The summed E-state index contributed by atoms with van der Waals surface area (Å²) in [6.45, 7) is 2.18. The summed E-state index contributed by atoms with van der Waals surface area (Å²) in [5, 5.41) is 12.8. The van der Waals surface area contributed by atoms with E-state index in [9.17, 15) is 5.21 Å². The van der Waals surface area contributed by atoms with Gasteiger partial charge < -0.3 is 10.3 Å². The molecule has 0 aromatic carbocycles. The molecule has 0 aromatic heterocycles. The van der Waals surface area contributed by atoms with Crippen LogP contribution in [0.3, 0.4) is 0 Å². The minimum absolute atomic E-state index is 0.128. The molecule has 0 heterocycles. The predicted molar refractivity (Wildman–Crippen MR) is 72.5 cm³/mol. The first-order chi connectivity index (χ1) is 8.59. The Hall–Kier alpha value is -0.160. The fourth-order valence-electron chi connectivity index (χ4n) is 4.08. The van der Waals surface area contributed by atoms with E-state index in [1.54, 1.807) is 7.05 Å². The van der Waals surface area contributed by atoms with Crippen LogP contribution < -0.4 is 5.90 Å². The molecule has 0 radical (unpaired) electrons. The lowest BCUT2D eigenvalue weighted by atomic mass is 9.80. The van der Waals surface area contributed by atoms with Gasteiger partial charge in [0, 0.05) is 0 Å². The van der Waals surface area contributed by atoms with Gasteiger partial charge in [-0.05, 0) is 63.5 Å². The molecule has 0 aliphatic heterocycles. The molecule has 0 saturated heterocycles. The van der Waals surface area contributed by atoms with E-state index in [2.05, 4.69) is 6.92 Å². The van der Waals surface area contributed by atoms with E-state index in [-0.39, 0.29) is 11.6 Å². The molecule has 3 unspecified atom stereocenters. The molecule has 0 bridgehead atoms. The topological polar surface area (TPSA) is 61.5 Å². The van der Waals surface area contributed by atoms with Crippen LogP contribution >= 0.6 is 0 Å². The van der Waals surface area contributed by atoms with E-state index < -0.39 is 0 Å².